The van der Waals surface area contributed by atoms with Gasteiger partial charge in [-0.15, -0.1) is 0 Å². The molecule has 1 rings (SSSR count). The first-order chi connectivity index (χ1) is 6.15. The Morgan fingerprint density at radius 2 is 2.23 bits per heavy atom. The van der Waals surface area contributed by atoms with Crippen molar-refractivity contribution in [1.29, 1.82) is 0 Å². The highest BCUT2D eigenvalue weighted by Gasteiger charge is 2.08. The van der Waals surface area contributed by atoms with Gasteiger partial charge in [-0.2, -0.15) is 0 Å². The Morgan fingerprint density at radius 3 is 2.77 bits per heavy atom. The number of hydrogen-bond donors (Lipinski definition) is 2. The van der Waals surface area contributed by atoms with Gasteiger partial charge in [0.25, 0.3) is 0 Å². The lowest BCUT2D eigenvalue weighted by Gasteiger charge is -2.09. The van der Waals surface area contributed by atoms with Gasteiger partial charge in [0, 0.05) is 0 Å². The van der Waals surface area contributed by atoms with Crippen LogP contribution >= 0.6 is 15.9 Å². The second kappa shape index (κ2) is 4.69. The van der Waals surface area contributed by atoms with E-state index >= 15 is 0 Å². The predicted octanol–water partition coefficient (Wildman–Crippen LogP) is 1.97. The lowest BCUT2D eigenvalue weighted by Crippen LogP contribution is -2.06. The van der Waals surface area contributed by atoms with Crippen LogP contribution in [0.1, 0.15) is 18.1 Å². The van der Waals surface area contributed by atoms with Crippen molar-refractivity contribution in [3.63, 3.8) is 0 Å². The molecule has 0 unspecified atom stereocenters. The average Bonchev–Trinajstić information content (AvgIpc) is 2.10. The Bertz CT molecular complexity index is 293. The van der Waals surface area contributed by atoms with Crippen molar-refractivity contribution in [3.8, 4) is 0 Å². The van der Waals surface area contributed by atoms with Gasteiger partial charge in [0.2, 0.25) is 0 Å². The summed E-state index contributed by atoms with van der Waals surface area (Å²) in [7, 11) is 0. The third kappa shape index (κ3) is 2.76. The minimum Gasteiger partial charge on any atom is -0.388 e. The Kier molecular flexibility index (Phi) is 3.84. The molecular weight excluding hydrogens is 237 g/mol. The fraction of sp³-hybridized carbons (Fsp3) is 0.333. The Balaban J connectivity index is 2.84. The molecule has 72 valence electrons. The third-order valence-corrected chi connectivity index (χ3v) is 2.38. The summed E-state index contributed by atoms with van der Waals surface area (Å²) in [6.07, 6.45) is -0.125. The van der Waals surface area contributed by atoms with Crippen LogP contribution in [-0.2, 0) is 0 Å². The molecule has 0 fully saturated rings. The Labute approximate surface area is 84.7 Å². The van der Waals surface area contributed by atoms with Crippen LogP contribution in [-0.4, -0.2) is 11.7 Å². The molecule has 0 bridgehead atoms. The second-order valence-corrected chi connectivity index (χ2v) is 3.62. The highest BCUT2D eigenvalue weighted by Crippen LogP contribution is 2.22. The fourth-order valence-electron chi connectivity index (χ4n) is 1.04. The van der Waals surface area contributed by atoms with Crippen molar-refractivity contribution in [2.45, 2.75) is 12.5 Å². The van der Waals surface area contributed by atoms with Crippen molar-refractivity contribution < 1.29 is 9.50 Å². The summed E-state index contributed by atoms with van der Waals surface area (Å²) >= 11 is 3.05. The van der Waals surface area contributed by atoms with Gasteiger partial charge in [-0.1, -0.05) is 6.07 Å². The molecule has 4 heteroatoms. The maximum Gasteiger partial charge on any atom is 0.137 e. The Hall–Kier alpha value is -0.450. The van der Waals surface area contributed by atoms with Crippen molar-refractivity contribution >= 4 is 15.9 Å². The monoisotopic (exact) mass is 247 g/mol. The van der Waals surface area contributed by atoms with Crippen LogP contribution in [0, 0.1) is 5.82 Å². The molecule has 0 heterocycles. The van der Waals surface area contributed by atoms with Gasteiger partial charge < -0.3 is 10.8 Å². The molecule has 3 N–H and O–H groups in total. The number of halogens is 2. The molecule has 0 aliphatic heterocycles. The molecule has 1 aromatic rings. The molecule has 0 saturated carbocycles. The van der Waals surface area contributed by atoms with E-state index in [1.54, 1.807) is 12.1 Å². The van der Waals surface area contributed by atoms with Crippen LogP contribution in [0.25, 0.3) is 0 Å². The summed E-state index contributed by atoms with van der Waals surface area (Å²) < 4.78 is 13.2. The number of aliphatic hydroxyl groups is 1. The van der Waals surface area contributed by atoms with Crippen LogP contribution in [0.2, 0.25) is 0 Å². The van der Waals surface area contributed by atoms with E-state index in [1.807, 2.05) is 0 Å². The quantitative estimate of drug-likeness (QED) is 0.858. The largest absolute Gasteiger partial charge is 0.388 e. The van der Waals surface area contributed by atoms with Gasteiger partial charge >= 0.3 is 0 Å². The van der Waals surface area contributed by atoms with Crippen LogP contribution in [0.3, 0.4) is 0 Å². The molecule has 0 aliphatic rings. The Morgan fingerprint density at radius 1 is 1.54 bits per heavy atom. The molecule has 13 heavy (non-hydrogen) atoms. The minimum absolute atomic E-state index is 0.330. The number of nitrogens with two attached hydrogens (primary N) is 1. The van der Waals surface area contributed by atoms with E-state index in [2.05, 4.69) is 15.9 Å². The topological polar surface area (TPSA) is 46.2 Å². The van der Waals surface area contributed by atoms with Gasteiger partial charge in [0.1, 0.15) is 5.82 Å². The maximum absolute atomic E-state index is 12.8. The van der Waals surface area contributed by atoms with E-state index in [9.17, 15) is 9.50 Å². The van der Waals surface area contributed by atoms with Crippen LogP contribution in [0.5, 0.6) is 0 Å². The summed E-state index contributed by atoms with van der Waals surface area (Å²) in [5.74, 6) is -0.330. The number of aliphatic hydroxyl groups excluding tert-OH is 1. The summed E-state index contributed by atoms with van der Waals surface area (Å²) in [6.45, 7) is 0.413. The van der Waals surface area contributed by atoms with E-state index < -0.39 is 6.10 Å². The third-order valence-electron chi connectivity index (χ3n) is 1.77. The summed E-state index contributed by atoms with van der Waals surface area (Å²) in [5.41, 5.74) is 5.97. The minimum atomic E-state index is -0.609. The molecule has 0 saturated heterocycles. The molecular formula is C9H11BrFNO. The highest BCUT2D eigenvalue weighted by molar-refractivity contribution is 9.10. The molecule has 1 aromatic carbocycles. The van der Waals surface area contributed by atoms with Crippen molar-refractivity contribution in [1.82, 2.24) is 0 Å². The predicted molar refractivity (Wildman–Crippen MR) is 52.7 cm³/mol. The second-order valence-electron chi connectivity index (χ2n) is 2.77. The zero-order chi connectivity index (χ0) is 9.84. The lowest BCUT2D eigenvalue weighted by molar-refractivity contribution is 0.170. The van der Waals surface area contributed by atoms with Gasteiger partial charge in [-0.25, -0.2) is 4.39 Å². The standard InChI is InChI=1S/C9H11BrFNO/c10-7-5-6(1-2-8(7)11)9(13)3-4-12/h1-2,5,9,13H,3-4,12H2/t9-/m1/s1. The number of benzene rings is 1. The van der Waals surface area contributed by atoms with Crippen molar-refractivity contribution in [2.24, 2.45) is 5.73 Å². The van der Waals surface area contributed by atoms with E-state index in [1.165, 1.54) is 6.07 Å². The first-order valence-electron chi connectivity index (χ1n) is 3.98. The van der Waals surface area contributed by atoms with Crippen LogP contribution < -0.4 is 5.73 Å². The summed E-state index contributed by atoms with van der Waals surface area (Å²) in [6, 6.07) is 4.44. The van der Waals surface area contributed by atoms with Crippen molar-refractivity contribution in [3.05, 3.63) is 34.1 Å². The van der Waals surface area contributed by atoms with E-state index in [0.29, 0.717) is 23.0 Å². The van der Waals surface area contributed by atoms with Crippen LogP contribution in [0.15, 0.2) is 22.7 Å². The SMILES string of the molecule is NCC[C@@H](O)c1ccc(F)c(Br)c1. The van der Waals surface area contributed by atoms with Gasteiger partial charge in [-0.05, 0) is 46.6 Å². The van der Waals surface area contributed by atoms with E-state index in [0.717, 1.165) is 0 Å². The molecule has 0 spiro atoms. The smallest absolute Gasteiger partial charge is 0.137 e. The molecule has 2 nitrogen and oxygen atoms in total. The van der Waals surface area contributed by atoms with E-state index in [-0.39, 0.29) is 5.82 Å². The fourth-order valence-corrected chi connectivity index (χ4v) is 1.44. The average molecular weight is 248 g/mol. The first-order valence-corrected chi connectivity index (χ1v) is 4.77. The zero-order valence-electron chi connectivity index (χ0n) is 7.00. The molecule has 1 atom stereocenters. The van der Waals surface area contributed by atoms with E-state index in [4.69, 9.17) is 5.73 Å². The number of rotatable bonds is 3. The molecule has 0 amide bonds. The summed E-state index contributed by atoms with van der Waals surface area (Å²) in [4.78, 5) is 0. The summed E-state index contributed by atoms with van der Waals surface area (Å²) in [5, 5.41) is 9.51. The van der Waals surface area contributed by atoms with Crippen molar-refractivity contribution in [2.75, 3.05) is 6.54 Å². The normalized spacial score (nSPS) is 12.9. The first kappa shape index (κ1) is 10.6. The van der Waals surface area contributed by atoms with Gasteiger partial charge in [0.05, 0.1) is 10.6 Å². The van der Waals surface area contributed by atoms with Gasteiger partial charge in [0.15, 0.2) is 0 Å². The zero-order valence-corrected chi connectivity index (χ0v) is 8.59. The number of hydrogen-bond acceptors (Lipinski definition) is 2. The van der Waals surface area contributed by atoms with Gasteiger partial charge in [-0.3, -0.25) is 0 Å². The maximum atomic E-state index is 12.8. The lowest BCUT2D eigenvalue weighted by atomic mass is 10.1. The molecule has 0 aromatic heterocycles. The molecule has 0 aliphatic carbocycles. The molecule has 0 radical (unpaired) electrons. The highest BCUT2D eigenvalue weighted by atomic mass is 79.9. The van der Waals surface area contributed by atoms with Crippen LogP contribution in [0.4, 0.5) is 4.39 Å².